The normalized spacial score (nSPS) is 53.9. The largest absolute Gasteiger partial charge is 0.394 e. The molecule has 18 heteroatoms. The molecule has 0 aromatic carbocycles. The Balaban J connectivity index is 1.64. The fourth-order valence-corrected chi connectivity index (χ4v) is 5.85. The summed E-state index contributed by atoms with van der Waals surface area (Å²) in [5.41, 5.74) is 0. The molecule has 18 nitrogen and oxygen atoms in total. The predicted octanol–water partition coefficient (Wildman–Crippen LogP) is -5.76. The Morgan fingerprint density at radius 1 is 0.455 bits per heavy atom. The van der Waals surface area contributed by atoms with Crippen LogP contribution in [-0.2, 0) is 37.9 Å². The molecule has 0 saturated carbocycles. The SMILES string of the molecule is COC1OC(CO)C(OC2OC(C)C(O)C(O)C2O)C(OC2OC(CO)C(O)C(O)C2OC2OC(C)C(O)C(O)C2O)C1C. The number of aliphatic hydroxyl groups is 10. The molecule has 4 fully saturated rings. The van der Waals surface area contributed by atoms with Gasteiger partial charge in [-0.2, -0.15) is 0 Å². The lowest BCUT2D eigenvalue weighted by molar-refractivity contribution is -0.395. The van der Waals surface area contributed by atoms with E-state index < -0.39 is 136 Å². The van der Waals surface area contributed by atoms with Gasteiger partial charge in [0.15, 0.2) is 25.2 Å². The Labute approximate surface area is 253 Å². The highest BCUT2D eigenvalue weighted by atomic mass is 16.8. The van der Waals surface area contributed by atoms with E-state index in [0.29, 0.717) is 0 Å². The lowest BCUT2D eigenvalue weighted by Gasteiger charge is -2.50. The van der Waals surface area contributed by atoms with Gasteiger partial charge in [-0.1, -0.05) is 6.92 Å². The summed E-state index contributed by atoms with van der Waals surface area (Å²) >= 11 is 0. The van der Waals surface area contributed by atoms with Gasteiger partial charge in [0, 0.05) is 13.0 Å². The van der Waals surface area contributed by atoms with E-state index in [-0.39, 0.29) is 0 Å². The molecule has 0 radical (unpaired) electrons. The summed E-state index contributed by atoms with van der Waals surface area (Å²) in [6, 6.07) is 0. The van der Waals surface area contributed by atoms with E-state index in [9.17, 15) is 51.1 Å². The van der Waals surface area contributed by atoms with Crippen LogP contribution >= 0.6 is 0 Å². The van der Waals surface area contributed by atoms with E-state index in [1.54, 1.807) is 6.92 Å². The molecule has 4 saturated heterocycles. The first-order chi connectivity index (χ1) is 20.7. The van der Waals surface area contributed by atoms with Crippen molar-refractivity contribution in [1.29, 1.82) is 0 Å². The lowest BCUT2D eigenvalue weighted by atomic mass is 9.91. The third kappa shape index (κ3) is 7.08. The Bertz CT molecular complexity index is 901. The smallest absolute Gasteiger partial charge is 0.187 e. The second-order valence-electron chi connectivity index (χ2n) is 11.7. The van der Waals surface area contributed by atoms with Crippen molar-refractivity contribution in [3.63, 3.8) is 0 Å². The number of rotatable bonds is 9. The van der Waals surface area contributed by atoms with Crippen molar-refractivity contribution in [1.82, 2.24) is 0 Å². The van der Waals surface area contributed by atoms with Crippen LogP contribution in [0.2, 0.25) is 0 Å². The van der Waals surface area contributed by atoms with Crippen LogP contribution in [-0.4, -0.2) is 188 Å². The zero-order chi connectivity index (χ0) is 32.6. The molecular formula is C26H46O18. The van der Waals surface area contributed by atoms with Crippen molar-refractivity contribution >= 4 is 0 Å². The van der Waals surface area contributed by atoms with Gasteiger partial charge in [-0.05, 0) is 13.8 Å². The molecule has 0 aromatic rings. The van der Waals surface area contributed by atoms with Gasteiger partial charge in [0.1, 0.15) is 73.2 Å². The topological polar surface area (TPSA) is 276 Å². The number of aliphatic hydroxyl groups excluding tert-OH is 10. The minimum absolute atomic E-state index is 0.646. The highest BCUT2D eigenvalue weighted by Crippen LogP contribution is 2.37. The number of methoxy groups -OCH3 is 1. The molecule has 4 aliphatic rings. The van der Waals surface area contributed by atoms with Crippen LogP contribution < -0.4 is 0 Å². The molecule has 20 unspecified atom stereocenters. The van der Waals surface area contributed by atoms with Crippen LogP contribution in [0.1, 0.15) is 20.8 Å². The summed E-state index contributed by atoms with van der Waals surface area (Å²) in [5.74, 6) is -0.740. The van der Waals surface area contributed by atoms with E-state index in [1.807, 2.05) is 0 Å². The molecule has 0 bridgehead atoms. The monoisotopic (exact) mass is 646 g/mol. The highest BCUT2D eigenvalue weighted by molar-refractivity contribution is 4.97. The second kappa shape index (κ2) is 15.0. The summed E-state index contributed by atoms with van der Waals surface area (Å²) in [5, 5.41) is 103. The molecule has 0 aromatic heterocycles. The first-order valence-corrected chi connectivity index (χ1v) is 14.5. The van der Waals surface area contributed by atoms with Gasteiger partial charge in [0.05, 0.1) is 31.5 Å². The maximum absolute atomic E-state index is 11.0. The summed E-state index contributed by atoms with van der Waals surface area (Å²) < 4.78 is 46.1. The van der Waals surface area contributed by atoms with Crippen LogP contribution in [0.15, 0.2) is 0 Å². The first kappa shape index (κ1) is 36.1. The van der Waals surface area contributed by atoms with Gasteiger partial charge in [0.25, 0.3) is 0 Å². The first-order valence-electron chi connectivity index (χ1n) is 14.5. The summed E-state index contributed by atoms with van der Waals surface area (Å²) in [6.45, 7) is 3.10. The third-order valence-corrected chi connectivity index (χ3v) is 8.67. The van der Waals surface area contributed by atoms with Gasteiger partial charge >= 0.3 is 0 Å². The molecule has 4 aliphatic heterocycles. The molecule has 20 atom stereocenters. The fraction of sp³-hybridized carbons (Fsp3) is 1.00. The maximum atomic E-state index is 11.0. The van der Waals surface area contributed by atoms with Crippen molar-refractivity contribution in [3.8, 4) is 0 Å². The highest BCUT2D eigenvalue weighted by Gasteiger charge is 2.55. The molecule has 0 amide bonds. The van der Waals surface area contributed by atoms with E-state index in [4.69, 9.17) is 37.9 Å². The molecule has 10 N–H and O–H groups in total. The number of ether oxygens (including phenoxy) is 8. The van der Waals surface area contributed by atoms with Crippen molar-refractivity contribution < 1.29 is 89.0 Å². The van der Waals surface area contributed by atoms with Crippen molar-refractivity contribution in [2.75, 3.05) is 20.3 Å². The van der Waals surface area contributed by atoms with Gasteiger partial charge in [0.2, 0.25) is 0 Å². The van der Waals surface area contributed by atoms with Crippen LogP contribution in [0.25, 0.3) is 0 Å². The van der Waals surface area contributed by atoms with Crippen molar-refractivity contribution in [2.45, 2.75) is 137 Å². The van der Waals surface area contributed by atoms with E-state index >= 15 is 0 Å². The molecule has 4 rings (SSSR count). The van der Waals surface area contributed by atoms with Crippen LogP contribution in [0.5, 0.6) is 0 Å². The van der Waals surface area contributed by atoms with Crippen molar-refractivity contribution in [2.24, 2.45) is 5.92 Å². The van der Waals surface area contributed by atoms with Gasteiger partial charge in [-0.25, -0.2) is 0 Å². The predicted molar refractivity (Wildman–Crippen MR) is 139 cm³/mol. The lowest BCUT2D eigenvalue weighted by Crippen LogP contribution is -2.66. The zero-order valence-corrected chi connectivity index (χ0v) is 24.7. The van der Waals surface area contributed by atoms with E-state index in [2.05, 4.69) is 0 Å². The Morgan fingerprint density at radius 3 is 1.39 bits per heavy atom. The molecule has 44 heavy (non-hydrogen) atoms. The Hall–Kier alpha value is -0.720. The van der Waals surface area contributed by atoms with Gasteiger partial charge in [-0.3, -0.25) is 0 Å². The van der Waals surface area contributed by atoms with E-state index in [1.165, 1.54) is 21.0 Å². The average molecular weight is 647 g/mol. The summed E-state index contributed by atoms with van der Waals surface area (Å²) in [6.07, 6.45) is -27.6. The second-order valence-corrected chi connectivity index (χ2v) is 11.7. The summed E-state index contributed by atoms with van der Waals surface area (Å²) in [7, 11) is 1.34. The zero-order valence-electron chi connectivity index (χ0n) is 24.7. The molecule has 0 spiro atoms. The standard InChI is InChI=1S/C26H46O18/c1-7-20(21(11(6-28)41-23(7)37-4)43-24-18(35)15(32)12(29)8(2)38-24)42-26-22(17(34)14(31)10(5-27)40-26)44-25-19(36)16(33)13(30)9(3)39-25/h7-36H,5-6H2,1-4H3. The van der Waals surface area contributed by atoms with Crippen LogP contribution in [0.4, 0.5) is 0 Å². The number of hydrogen-bond acceptors (Lipinski definition) is 18. The van der Waals surface area contributed by atoms with Gasteiger partial charge < -0.3 is 89.0 Å². The molecular weight excluding hydrogens is 600 g/mol. The fourth-order valence-electron chi connectivity index (χ4n) is 5.85. The molecule has 4 heterocycles. The quantitative estimate of drug-likeness (QED) is 0.112. The van der Waals surface area contributed by atoms with Crippen LogP contribution in [0.3, 0.4) is 0 Å². The van der Waals surface area contributed by atoms with Crippen molar-refractivity contribution in [3.05, 3.63) is 0 Å². The summed E-state index contributed by atoms with van der Waals surface area (Å²) in [4.78, 5) is 0. The molecule has 0 aliphatic carbocycles. The average Bonchev–Trinajstić information content (AvgIpc) is 3.01. The van der Waals surface area contributed by atoms with Crippen LogP contribution in [0, 0.1) is 5.92 Å². The Kier molecular flexibility index (Phi) is 12.3. The molecule has 258 valence electrons. The Morgan fingerprint density at radius 2 is 0.909 bits per heavy atom. The number of hydrogen-bond donors (Lipinski definition) is 10. The maximum Gasteiger partial charge on any atom is 0.187 e. The minimum Gasteiger partial charge on any atom is -0.394 e. The third-order valence-electron chi connectivity index (χ3n) is 8.67. The van der Waals surface area contributed by atoms with E-state index in [0.717, 1.165) is 0 Å². The minimum atomic E-state index is -1.80. The van der Waals surface area contributed by atoms with Gasteiger partial charge in [-0.15, -0.1) is 0 Å².